The molecule has 0 radical (unpaired) electrons. The van der Waals surface area contributed by atoms with Crippen molar-refractivity contribution >= 4 is 15.5 Å². The average molecular weight is 321 g/mol. The van der Waals surface area contributed by atoms with E-state index in [1.807, 2.05) is 0 Å². The molecule has 8 heteroatoms. The van der Waals surface area contributed by atoms with Gasteiger partial charge < -0.3 is 15.2 Å². The second kappa shape index (κ2) is 6.25. The number of benzene rings is 1. The second-order valence-corrected chi connectivity index (χ2v) is 6.86. The first-order valence-electron chi connectivity index (χ1n) is 6.49. The smallest absolute Gasteiger partial charge is 0.341 e. The van der Waals surface area contributed by atoms with Crippen LogP contribution in [-0.4, -0.2) is 44.6 Å². The van der Waals surface area contributed by atoms with Gasteiger partial charge in [0, 0.05) is 13.2 Å². The summed E-state index contributed by atoms with van der Waals surface area (Å²) >= 11 is 0. The normalized spacial score (nSPS) is 18.7. The molecular formula is C13H17F2NO4S. The molecule has 0 bridgehead atoms. The first kappa shape index (κ1) is 16.1. The lowest BCUT2D eigenvalue weighted by molar-refractivity contribution is 0.0379. The van der Waals surface area contributed by atoms with E-state index in [1.165, 1.54) is 12.1 Å². The molecule has 1 fully saturated rings. The summed E-state index contributed by atoms with van der Waals surface area (Å²) in [6, 6.07) is 5.49. The fourth-order valence-electron chi connectivity index (χ4n) is 2.28. The van der Waals surface area contributed by atoms with Gasteiger partial charge in [-0.25, -0.2) is 8.42 Å². The molecule has 0 aliphatic carbocycles. The van der Waals surface area contributed by atoms with Crippen LogP contribution in [0, 0.1) is 0 Å². The molecule has 0 amide bonds. The van der Waals surface area contributed by atoms with Crippen LogP contribution in [-0.2, 0) is 14.6 Å². The minimum absolute atomic E-state index is 0.0775. The first-order chi connectivity index (χ1) is 9.91. The Morgan fingerprint density at radius 3 is 2.48 bits per heavy atom. The minimum atomic E-state index is -4.70. The van der Waals surface area contributed by atoms with Crippen LogP contribution in [0.25, 0.3) is 0 Å². The van der Waals surface area contributed by atoms with Gasteiger partial charge in [-0.05, 0) is 25.0 Å². The molecule has 1 aromatic carbocycles. The van der Waals surface area contributed by atoms with E-state index >= 15 is 0 Å². The largest absolute Gasteiger partial charge is 0.394 e. The fraction of sp³-hybridized carbons (Fsp3) is 0.538. The molecule has 1 aliphatic heterocycles. The molecule has 1 heterocycles. The standard InChI is InChI=1S/C13H17F2NO4S/c14-12(15)21(18,19)11-4-2-1-3-10(11)16-13(9-17)5-7-20-8-6-13/h1-4,12,16-17H,5-9H2. The van der Waals surface area contributed by atoms with Gasteiger partial charge in [-0.1, -0.05) is 12.1 Å². The Labute approximate surface area is 121 Å². The lowest BCUT2D eigenvalue weighted by Crippen LogP contribution is -2.47. The summed E-state index contributed by atoms with van der Waals surface area (Å²) in [6.45, 7) is 0.591. The Morgan fingerprint density at radius 2 is 1.90 bits per heavy atom. The number of anilines is 1. The molecule has 5 nitrogen and oxygen atoms in total. The van der Waals surface area contributed by atoms with Crippen molar-refractivity contribution in [3.63, 3.8) is 0 Å². The van der Waals surface area contributed by atoms with E-state index in [2.05, 4.69) is 5.32 Å². The van der Waals surface area contributed by atoms with E-state index in [4.69, 9.17) is 4.74 Å². The molecule has 0 unspecified atom stereocenters. The highest BCUT2D eigenvalue weighted by atomic mass is 32.2. The maximum Gasteiger partial charge on any atom is 0.341 e. The third kappa shape index (κ3) is 3.33. The summed E-state index contributed by atoms with van der Waals surface area (Å²) in [5.74, 6) is -3.49. The van der Waals surface area contributed by atoms with Crippen molar-refractivity contribution in [1.82, 2.24) is 0 Å². The van der Waals surface area contributed by atoms with E-state index < -0.39 is 26.0 Å². The number of hydrogen-bond donors (Lipinski definition) is 2. The fourth-order valence-corrected chi connectivity index (χ4v) is 3.17. The molecule has 0 saturated carbocycles. The van der Waals surface area contributed by atoms with Crippen LogP contribution in [0.4, 0.5) is 14.5 Å². The van der Waals surface area contributed by atoms with Crippen molar-refractivity contribution in [2.24, 2.45) is 0 Å². The van der Waals surface area contributed by atoms with E-state index in [0.717, 1.165) is 6.07 Å². The van der Waals surface area contributed by atoms with Crippen LogP contribution < -0.4 is 5.32 Å². The quantitative estimate of drug-likeness (QED) is 0.862. The van der Waals surface area contributed by atoms with Gasteiger partial charge in [-0.3, -0.25) is 0 Å². The number of ether oxygens (including phenoxy) is 1. The van der Waals surface area contributed by atoms with E-state index in [9.17, 15) is 22.3 Å². The van der Waals surface area contributed by atoms with Crippen LogP contribution >= 0.6 is 0 Å². The van der Waals surface area contributed by atoms with Gasteiger partial charge >= 0.3 is 5.76 Å². The lowest BCUT2D eigenvalue weighted by atomic mass is 9.90. The van der Waals surface area contributed by atoms with E-state index in [-0.39, 0.29) is 12.3 Å². The average Bonchev–Trinajstić information content (AvgIpc) is 2.48. The van der Waals surface area contributed by atoms with Gasteiger partial charge in [0.2, 0.25) is 9.84 Å². The molecule has 118 valence electrons. The van der Waals surface area contributed by atoms with Gasteiger partial charge in [0.1, 0.15) is 0 Å². The summed E-state index contributed by atoms with van der Waals surface area (Å²) < 4.78 is 54.1. The highest BCUT2D eigenvalue weighted by molar-refractivity contribution is 7.91. The van der Waals surface area contributed by atoms with Crippen molar-refractivity contribution in [1.29, 1.82) is 0 Å². The first-order valence-corrected chi connectivity index (χ1v) is 8.04. The molecule has 1 aromatic rings. The number of nitrogens with one attached hydrogen (secondary N) is 1. The number of sulfone groups is 1. The second-order valence-electron chi connectivity index (χ2n) is 4.98. The predicted molar refractivity (Wildman–Crippen MR) is 73.1 cm³/mol. The van der Waals surface area contributed by atoms with Gasteiger partial charge in [-0.15, -0.1) is 0 Å². The van der Waals surface area contributed by atoms with Crippen LogP contribution in [0.5, 0.6) is 0 Å². The summed E-state index contributed by atoms with van der Waals surface area (Å²) in [5, 5.41) is 12.5. The number of rotatable bonds is 5. The molecule has 1 saturated heterocycles. The van der Waals surface area contributed by atoms with Crippen molar-refractivity contribution < 1.29 is 27.0 Å². The molecule has 21 heavy (non-hydrogen) atoms. The van der Waals surface area contributed by atoms with E-state index in [0.29, 0.717) is 26.1 Å². The molecule has 0 spiro atoms. The highest BCUT2D eigenvalue weighted by Gasteiger charge is 2.35. The number of aliphatic hydroxyl groups excluding tert-OH is 1. The molecule has 1 aliphatic rings. The topological polar surface area (TPSA) is 75.6 Å². The van der Waals surface area contributed by atoms with Gasteiger partial charge in [0.15, 0.2) is 0 Å². The number of alkyl halides is 2. The molecular weight excluding hydrogens is 304 g/mol. The van der Waals surface area contributed by atoms with Gasteiger partial charge in [0.05, 0.1) is 22.7 Å². The molecule has 2 rings (SSSR count). The van der Waals surface area contributed by atoms with Crippen LogP contribution in [0.15, 0.2) is 29.2 Å². The zero-order valence-corrected chi connectivity index (χ0v) is 12.1. The maximum atomic E-state index is 12.7. The monoisotopic (exact) mass is 321 g/mol. The third-order valence-electron chi connectivity index (χ3n) is 3.58. The Kier molecular flexibility index (Phi) is 4.80. The minimum Gasteiger partial charge on any atom is -0.394 e. The molecule has 0 aromatic heterocycles. The van der Waals surface area contributed by atoms with Crippen LogP contribution in [0.2, 0.25) is 0 Å². The number of aliphatic hydroxyl groups is 1. The Hall–Kier alpha value is -1.25. The summed E-state index contributed by atoms with van der Waals surface area (Å²) in [7, 11) is -4.70. The van der Waals surface area contributed by atoms with Gasteiger partial charge in [-0.2, -0.15) is 8.78 Å². The molecule has 2 N–H and O–H groups in total. The van der Waals surface area contributed by atoms with Crippen LogP contribution in [0.3, 0.4) is 0 Å². The zero-order valence-electron chi connectivity index (χ0n) is 11.3. The SMILES string of the molecule is O=S(=O)(c1ccccc1NC1(CO)CCOCC1)C(F)F. The maximum absolute atomic E-state index is 12.7. The van der Waals surface area contributed by atoms with Crippen molar-refractivity contribution in [3.05, 3.63) is 24.3 Å². The summed E-state index contributed by atoms with van der Waals surface area (Å²) in [5.41, 5.74) is -0.680. The number of para-hydroxylation sites is 1. The van der Waals surface area contributed by atoms with Crippen molar-refractivity contribution in [2.45, 2.75) is 29.0 Å². The van der Waals surface area contributed by atoms with E-state index in [1.54, 1.807) is 6.07 Å². The summed E-state index contributed by atoms with van der Waals surface area (Å²) in [4.78, 5) is -0.459. The third-order valence-corrected chi connectivity index (χ3v) is 5.02. The predicted octanol–water partition coefficient (Wildman–Crippen LogP) is 1.64. The molecule has 0 atom stereocenters. The lowest BCUT2D eigenvalue weighted by Gasteiger charge is -2.37. The van der Waals surface area contributed by atoms with Crippen molar-refractivity contribution in [3.8, 4) is 0 Å². The zero-order chi connectivity index (χ0) is 15.5. The summed E-state index contributed by atoms with van der Waals surface area (Å²) in [6.07, 6.45) is 0.930. The number of halogens is 2. The number of hydrogen-bond acceptors (Lipinski definition) is 5. The van der Waals surface area contributed by atoms with Gasteiger partial charge in [0.25, 0.3) is 0 Å². The van der Waals surface area contributed by atoms with Crippen LogP contribution in [0.1, 0.15) is 12.8 Å². The Morgan fingerprint density at radius 1 is 1.29 bits per heavy atom. The Balaban J connectivity index is 2.37. The van der Waals surface area contributed by atoms with Crippen molar-refractivity contribution in [2.75, 3.05) is 25.1 Å². The highest BCUT2D eigenvalue weighted by Crippen LogP contribution is 2.31. The Bertz CT molecular complexity index is 586.